The van der Waals surface area contributed by atoms with Crippen LogP contribution in [0.2, 0.25) is 0 Å². The standard InChI is InChI=1S/C33H44N9O2P/c1-6-23-19-27(29(44-3)20-28(23)42-13-9-24(10-14-42)41-17-15-40(2)16-18-41)39-31-21-30(36-22-37-31)38-26-8-7-25-32(35-12-11-34-25)33(26)45(4,5)43/h7-8,11-12,19-22,24H,6,9-10,13-18H2,1-5H3,(H2,36,37,38,39). The van der Waals surface area contributed by atoms with Crippen LogP contribution in [0.4, 0.5) is 28.7 Å². The first-order valence-electron chi connectivity index (χ1n) is 15.8. The van der Waals surface area contributed by atoms with Gasteiger partial charge < -0.3 is 29.7 Å². The fraction of sp³-hybridized carbons (Fsp3) is 0.455. The van der Waals surface area contributed by atoms with E-state index < -0.39 is 7.14 Å². The molecule has 12 heteroatoms. The second-order valence-electron chi connectivity index (χ2n) is 12.4. The van der Waals surface area contributed by atoms with E-state index in [-0.39, 0.29) is 0 Å². The molecule has 2 aromatic heterocycles. The number of aryl methyl sites for hydroxylation is 1. The molecule has 2 saturated heterocycles. The van der Waals surface area contributed by atoms with Crippen LogP contribution < -0.4 is 25.6 Å². The van der Waals surface area contributed by atoms with Crippen LogP contribution in [0, 0.1) is 0 Å². The van der Waals surface area contributed by atoms with Crippen molar-refractivity contribution in [2.45, 2.75) is 32.2 Å². The average Bonchev–Trinajstić information content (AvgIpc) is 3.04. The Morgan fingerprint density at radius 1 is 0.889 bits per heavy atom. The first-order chi connectivity index (χ1) is 21.7. The average molecular weight is 630 g/mol. The van der Waals surface area contributed by atoms with Gasteiger partial charge >= 0.3 is 0 Å². The Labute approximate surface area is 265 Å². The second kappa shape index (κ2) is 13.3. The van der Waals surface area contributed by atoms with Gasteiger partial charge in [0, 0.05) is 75.5 Å². The lowest BCUT2D eigenvalue weighted by Crippen LogP contribution is -2.52. The topological polar surface area (TPSA) is 112 Å². The van der Waals surface area contributed by atoms with Gasteiger partial charge in [0.15, 0.2) is 0 Å². The Kier molecular flexibility index (Phi) is 9.21. The van der Waals surface area contributed by atoms with Gasteiger partial charge in [-0.15, -0.1) is 0 Å². The van der Waals surface area contributed by atoms with E-state index in [0.717, 1.165) is 44.0 Å². The molecule has 0 saturated carbocycles. The van der Waals surface area contributed by atoms with Gasteiger partial charge in [0.2, 0.25) is 0 Å². The molecule has 2 N–H and O–H groups in total. The van der Waals surface area contributed by atoms with Crippen LogP contribution in [0.1, 0.15) is 25.3 Å². The Hall–Kier alpha value is -3.79. The molecule has 2 aliphatic heterocycles. The normalized spacial score (nSPS) is 17.0. The van der Waals surface area contributed by atoms with Crippen molar-refractivity contribution < 1.29 is 9.30 Å². The van der Waals surface area contributed by atoms with Crippen LogP contribution in [0.15, 0.2) is 49.1 Å². The highest BCUT2D eigenvalue weighted by atomic mass is 31.2. The maximum Gasteiger partial charge on any atom is 0.144 e. The van der Waals surface area contributed by atoms with Crippen molar-refractivity contribution in [1.82, 2.24) is 29.7 Å². The maximum absolute atomic E-state index is 13.3. The third-order valence-electron chi connectivity index (χ3n) is 8.99. The quantitative estimate of drug-likeness (QED) is 0.246. The van der Waals surface area contributed by atoms with Crippen molar-refractivity contribution in [1.29, 1.82) is 0 Å². The van der Waals surface area contributed by atoms with Crippen LogP contribution in [-0.4, -0.2) is 103 Å². The second-order valence-corrected chi connectivity index (χ2v) is 15.5. The van der Waals surface area contributed by atoms with E-state index in [2.05, 4.69) is 71.4 Å². The number of piperazine rings is 1. The molecule has 0 spiro atoms. The molecule has 0 bridgehead atoms. The highest BCUT2D eigenvalue weighted by Gasteiger charge is 2.28. The van der Waals surface area contributed by atoms with Crippen molar-refractivity contribution >= 4 is 52.2 Å². The number of ether oxygens (including phenoxy) is 1. The Morgan fingerprint density at radius 2 is 1.58 bits per heavy atom. The molecule has 2 aromatic carbocycles. The van der Waals surface area contributed by atoms with E-state index in [0.29, 0.717) is 39.7 Å². The molecule has 0 amide bonds. The zero-order valence-corrected chi connectivity index (χ0v) is 27.8. The molecule has 6 rings (SSSR count). The Balaban J connectivity index is 1.20. The number of benzene rings is 2. The van der Waals surface area contributed by atoms with E-state index in [9.17, 15) is 4.57 Å². The molecule has 0 radical (unpaired) electrons. The van der Waals surface area contributed by atoms with Gasteiger partial charge in [-0.2, -0.15) is 0 Å². The number of nitrogens with zero attached hydrogens (tertiary/aromatic N) is 7. The molecule has 11 nitrogen and oxygen atoms in total. The van der Waals surface area contributed by atoms with E-state index >= 15 is 0 Å². The number of hydrogen-bond donors (Lipinski definition) is 2. The summed E-state index contributed by atoms with van der Waals surface area (Å²) in [7, 11) is 1.22. The smallest absolute Gasteiger partial charge is 0.144 e. The number of methoxy groups -OCH3 is 1. The van der Waals surface area contributed by atoms with Gasteiger partial charge in [-0.1, -0.05) is 6.92 Å². The molecule has 238 valence electrons. The summed E-state index contributed by atoms with van der Waals surface area (Å²) in [4.78, 5) is 25.4. The molecular weight excluding hydrogens is 585 g/mol. The number of rotatable bonds is 9. The molecule has 4 heterocycles. The largest absolute Gasteiger partial charge is 0.494 e. The predicted molar refractivity (Wildman–Crippen MR) is 184 cm³/mol. The lowest BCUT2D eigenvalue weighted by Gasteiger charge is -2.43. The first-order valence-corrected chi connectivity index (χ1v) is 18.4. The SMILES string of the molecule is CCc1cc(Nc2cc(Nc3ccc4nccnc4c3P(C)(C)=O)ncn2)c(OC)cc1N1CCC(N2CCN(C)CC2)CC1. The monoisotopic (exact) mass is 629 g/mol. The van der Waals surface area contributed by atoms with E-state index in [4.69, 9.17) is 4.74 Å². The van der Waals surface area contributed by atoms with Crippen LogP contribution in [0.3, 0.4) is 0 Å². The number of fused-ring (bicyclic) bond motifs is 1. The molecule has 2 aliphatic rings. The summed E-state index contributed by atoms with van der Waals surface area (Å²) in [5.41, 5.74) is 5.39. The molecule has 0 unspecified atom stereocenters. The summed E-state index contributed by atoms with van der Waals surface area (Å²) < 4.78 is 19.2. The minimum absolute atomic E-state index is 0.569. The summed E-state index contributed by atoms with van der Waals surface area (Å²) in [5, 5.41) is 7.47. The molecule has 45 heavy (non-hydrogen) atoms. The Bertz CT molecular complexity index is 1700. The first kappa shape index (κ1) is 31.2. The zero-order valence-electron chi connectivity index (χ0n) is 27.0. The van der Waals surface area contributed by atoms with Gasteiger partial charge in [0.05, 0.1) is 29.3 Å². The van der Waals surface area contributed by atoms with E-state index in [1.54, 1.807) is 32.8 Å². The van der Waals surface area contributed by atoms with E-state index in [1.807, 2.05) is 18.2 Å². The Morgan fingerprint density at radius 3 is 2.24 bits per heavy atom. The van der Waals surface area contributed by atoms with Gasteiger partial charge in [0.25, 0.3) is 0 Å². The molecule has 4 aromatic rings. The van der Waals surface area contributed by atoms with Gasteiger partial charge in [-0.3, -0.25) is 14.9 Å². The van der Waals surface area contributed by atoms with E-state index in [1.165, 1.54) is 43.5 Å². The van der Waals surface area contributed by atoms with Crippen molar-refractivity contribution in [2.75, 3.05) is 82.3 Å². The van der Waals surface area contributed by atoms with Crippen molar-refractivity contribution in [3.8, 4) is 5.75 Å². The summed E-state index contributed by atoms with van der Waals surface area (Å²) in [6.45, 7) is 12.4. The summed E-state index contributed by atoms with van der Waals surface area (Å²) in [6, 6.07) is 10.6. The maximum atomic E-state index is 13.3. The fourth-order valence-corrected chi connectivity index (χ4v) is 7.95. The van der Waals surface area contributed by atoms with Gasteiger partial charge in [-0.05, 0) is 63.4 Å². The number of hydrogen-bond acceptors (Lipinski definition) is 11. The molecule has 0 atom stereocenters. The number of anilines is 5. The summed E-state index contributed by atoms with van der Waals surface area (Å²) in [5.74, 6) is 1.96. The fourth-order valence-electron chi connectivity index (χ4n) is 6.55. The van der Waals surface area contributed by atoms with Gasteiger partial charge in [-0.25, -0.2) is 9.97 Å². The molecule has 2 fully saturated rings. The highest BCUT2D eigenvalue weighted by Crippen LogP contribution is 2.41. The number of piperidine rings is 1. The summed E-state index contributed by atoms with van der Waals surface area (Å²) >= 11 is 0. The van der Waals surface area contributed by atoms with Gasteiger partial charge in [0.1, 0.15) is 36.4 Å². The summed E-state index contributed by atoms with van der Waals surface area (Å²) in [6.07, 6.45) is 8.04. The molecular formula is C33H44N9O2P. The minimum Gasteiger partial charge on any atom is -0.494 e. The van der Waals surface area contributed by atoms with Crippen molar-refractivity contribution in [3.05, 3.63) is 54.6 Å². The zero-order chi connectivity index (χ0) is 31.6. The van der Waals surface area contributed by atoms with Crippen LogP contribution in [0.25, 0.3) is 11.0 Å². The highest BCUT2D eigenvalue weighted by molar-refractivity contribution is 7.71. The third kappa shape index (κ3) is 6.90. The lowest BCUT2D eigenvalue weighted by molar-refractivity contribution is 0.0982. The predicted octanol–water partition coefficient (Wildman–Crippen LogP) is 4.94. The molecule has 0 aliphatic carbocycles. The van der Waals surface area contributed by atoms with Crippen LogP contribution in [0.5, 0.6) is 5.75 Å². The van der Waals surface area contributed by atoms with Crippen LogP contribution >= 0.6 is 7.14 Å². The van der Waals surface area contributed by atoms with Crippen molar-refractivity contribution in [3.63, 3.8) is 0 Å². The van der Waals surface area contributed by atoms with Crippen LogP contribution in [-0.2, 0) is 11.0 Å². The third-order valence-corrected chi connectivity index (χ3v) is 10.5. The lowest BCUT2D eigenvalue weighted by atomic mass is 9.99. The number of likely N-dealkylation sites (N-methyl/N-ethyl adjacent to an activating group) is 1. The number of nitrogens with one attached hydrogen (secondary N) is 2. The minimum atomic E-state index is -2.70. The number of aromatic nitrogens is 4. The van der Waals surface area contributed by atoms with Crippen molar-refractivity contribution in [2.24, 2.45) is 0 Å².